The van der Waals surface area contributed by atoms with E-state index in [1.807, 2.05) is 0 Å². The number of amides is 1. The number of nitrogens with zero attached hydrogens (tertiary/aromatic N) is 2. The molecular formula is C17H22FN5O. The van der Waals surface area contributed by atoms with Crippen LogP contribution in [0, 0.1) is 11.2 Å². The molecule has 0 bridgehead atoms. The maximum absolute atomic E-state index is 13.7. The lowest BCUT2D eigenvalue weighted by Gasteiger charge is -2.26. The van der Waals surface area contributed by atoms with Crippen LogP contribution in [0.2, 0.25) is 0 Å². The van der Waals surface area contributed by atoms with Crippen molar-refractivity contribution in [3.63, 3.8) is 0 Å². The van der Waals surface area contributed by atoms with Crippen LogP contribution in [-0.4, -0.2) is 40.4 Å². The first-order chi connectivity index (χ1) is 11.4. The van der Waals surface area contributed by atoms with Gasteiger partial charge in [0.05, 0.1) is 11.1 Å². The number of fused-ring (bicyclic) bond motifs is 1. The fourth-order valence-electron chi connectivity index (χ4n) is 3.51. The molecule has 0 radical (unpaired) electrons. The van der Waals surface area contributed by atoms with Gasteiger partial charge in [-0.05, 0) is 31.6 Å². The zero-order valence-electron chi connectivity index (χ0n) is 13.9. The van der Waals surface area contributed by atoms with Crippen LogP contribution in [0.1, 0.15) is 36.5 Å². The predicted molar refractivity (Wildman–Crippen MR) is 91.6 cm³/mol. The van der Waals surface area contributed by atoms with Gasteiger partial charge in [-0.3, -0.25) is 4.79 Å². The quantitative estimate of drug-likeness (QED) is 0.795. The molecule has 1 saturated heterocycles. The lowest BCUT2D eigenvalue weighted by atomic mass is 9.81. The van der Waals surface area contributed by atoms with Gasteiger partial charge in [-0.2, -0.15) is 0 Å². The van der Waals surface area contributed by atoms with Crippen LogP contribution in [0.3, 0.4) is 0 Å². The molecule has 1 aromatic carbocycles. The van der Waals surface area contributed by atoms with Crippen LogP contribution < -0.4 is 11.5 Å². The highest BCUT2D eigenvalue weighted by Gasteiger charge is 2.38. The summed E-state index contributed by atoms with van der Waals surface area (Å²) in [5.41, 5.74) is 12.8. The third-order valence-corrected chi connectivity index (χ3v) is 4.89. The fourth-order valence-corrected chi connectivity index (χ4v) is 3.51. The number of rotatable bonds is 4. The van der Waals surface area contributed by atoms with E-state index in [0.29, 0.717) is 16.9 Å². The monoisotopic (exact) mass is 331 g/mol. The molecule has 0 spiro atoms. The summed E-state index contributed by atoms with van der Waals surface area (Å²) in [5, 5.41) is 0. The number of likely N-dealkylation sites (tertiary alicyclic amines) is 1. The van der Waals surface area contributed by atoms with Crippen LogP contribution in [-0.2, 0) is 0 Å². The maximum Gasteiger partial charge on any atom is 0.251 e. The minimum Gasteiger partial charge on any atom is -0.404 e. The molecule has 1 fully saturated rings. The summed E-state index contributed by atoms with van der Waals surface area (Å²) in [7, 11) is 0. The topological polar surface area (TPSA) is 101 Å². The van der Waals surface area contributed by atoms with Gasteiger partial charge in [-0.25, -0.2) is 9.37 Å². The molecule has 1 aromatic heterocycles. The van der Waals surface area contributed by atoms with Crippen molar-refractivity contribution in [2.75, 3.05) is 19.6 Å². The number of nitrogens with two attached hydrogens (primary N) is 2. The lowest BCUT2D eigenvalue weighted by molar-refractivity contribution is 0.100. The van der Waals surface area contributed by atoms with Gasteiger partial charge in [0.2, 0.25) is 0 Å². The van der Waals surface area contributed by atoms with Gasteiger partial charge >= 0.3 is 0 Å². The Kier molecular flexibility index (Phi) is 4.04. The standard InChI is InChI=1S/C17H22FN5O/c1-3-23-5-4-17(2,9-23)12(8-19)16-21-13-7-10(18)6-11(15(20)24)14(13)22-16/h6-8H,3-5,9,19H2,1-2H3,(H2,20,24)(H,21,22). The minimum atomic E-state index is -0.708. The van der Waals surface area contributed by atoms with Crippen molar-refractivity contribution in [1.82, 2.24) is 14.9 Å². The molecule has 3 rings (SSSR count). The summed E-state index contributed by atoms with van der Waals surface area (Å²) >= 11 is 0. The molecule has 24 heavy (non-hydrogen) atoms. The number of aromatic amines is 1. The van der Waals surface area contributed by atoms with Crippen LogP contribution in [0.4, 0.5) is 4.39 Å². The number of hydrogen-bond donors (Lipinski definition) is 3. The Balaban J connectivity index is 2.08. The van der Waals surface area contributed by atoms with Gasteiger partial charge in [0.25, 0.3) is 5.91 Å². The van der Waals surface area contributed by atoms with E-state index >= 15 is 0 Å². The SMILES string of the molecule is CCN1CCC(C)(C(=CN)c2nc3c(C(N)=O)cc(F)cc3[nH]2)C1. The van der Waals surface area contributed by atoms with Gasteiger partial charge in [-0.1, -0.05) is 13.8 Å². The molecule has 2 aromatic rings. The Bertz CT molecular complexity index is 828. The average molecular weight is 331 g/mol. The third-order valence-electron chi connectivity index (χ3n) is 4.89. The van der Waals surface area contributed by atoms with E-state index in [9.17, 15) is 9.18 Å². The molecule has 1 aliphatic heterocycles. The molecule has 7 heteroatoms. The zero-order valence-corrected chi connectivity index (χ0v) is 13.9. The third kappa shape index (κ3) is 2.65. The normalized spacial score (nSPS) is 22.4. The molecule has 2 heterocycles. The van der Waals surface area contributed by atoms with Gasteiger partial charge < -0.3 is 21.4 Å². The van der Waals surface area contributed by atoms with Crippen LogP contribution in [0.15, 0.2) is 18.3 Å². The second kappa shape index (κ2) is 5.90. The molecule has 1 unspecified atom stereocenters. The van der Waals surface area contributed by atoms with E-state index < -0.39 is 11.7 Å². The molecule has 1 atom stereocenters. The Morgan fingerprint density at radius 2 is 2.29 bits per heavy atom. The minimum absolute atomic E-state index is 0.0654. The largest absolute Gasteiger partial charge is 0.404 e. The highest BCUT2D eigenvalue weighted by Crippen LogP contribution is 2.41. The molecular weight excluding hydrogens is 309 g/mol. The number of primary amides is 1. The molecule has 1 amide bonds. The van der Waals surface area contributed by atoms with Crippen molar-refractivity contribution in [1.29, 1.82) is 0 Å². The van der Waals surface area contributed by atoms with E-state index in [-0.39, 0.29) is 11.0 Å². The van der Waals surface area contributed by atoms with Crippen LogP contribution >= 0.6 is 0 Å². The van der Waals surface area contributed by atoms with Crippen molar-refractivity contribution < 1.29 is 9.18 Å². The van der Waals surface area contributed by atoms with E-state index in [0.717, 1.165) is 37.7 Å². The van der Waals surface area contributed by atoms with Crippen molar-refractivity contribution in [3.8, 4) is 0 Å². The zero-order chi connectivity index (χ0) is 17.5. The van der Waals surface area contributed by atoms with Crippen molar-refractivity contribution in [2.45, 2.75) is 20.3 Å². The number of imidazole rings is 1. The maximum atomic E-state index is 13.7. The second-order valence-corrected chi connectivity index (χ2v) is 6.56. The molecule has 128 valence electrons. The van der Waals surface area contributed by atoms with E-state index in [1.165, 1.54) is 6.07 Å². The number of halogens is 1. The summed E-state index contributed by atoms with van der Waals surface area (Å²) in [6.45, 7) is 7.11. The number of carbonyl (C=O) groups excluding carboxylic acids is 1. The van der Waals surface area contributed by atoms with Crippen molar-refractivity contribution in [2.24, 2.45) is 16.9 Å². The van der Waals surface area contributed by atoms with Gasteiger partial charge in [0.15, 0.2) is 0 Å². The summed E-state index contributed by atoms with van der Waals surface area (Å²) in [4.78, 5) is 21.5. The lowest BCUT2D eigenvalue weighted by Crippen LogP contribution is -2.26. The van der Waals surface area contributed by atoms with Crippen molar-refractivity contribution >= 4 is 22.5 Å². The number of H-pyrrole nitrogens is 1. The van der Waals surface area contributed by atoms with E-state index in [1.54, 1.807) is 6.20 Å². The predicted octanol–water partition coefficient (Wildman–Crippen LogP) is 1.83. The Labute approximate surface area is 139 Å². The summed E-state index contributed by atoms with van der Waals surface area (Å²) in [6.07, 6.45) is 2.51. The fraction of sp³-hybridized carbons (Fsp3) is 0.412. The number of carbonyl (C=O) groups is 1. The van der Waals surface area contributed by atoms with Gasteiger partial charge in [0, 0.05) is 23.7 Å². The Hall–Kier alpha value is -2.41. The van der Waals surface area contributed by atoms with Crippen molar-refractivity contribution in [3.05, 3.63) is 35.5 Å². The second-order valence-electron chi connectivity index (χ2n) is 6.56. The highest BCUT2D eigenvalue weighted by molar-refractivity contribution is 6.04. The smallest absolute Gasteiger partial charge is 0.251 e. The Morgan fingerprint density at radius 1 is 1.54 bits per heavy atom. The summed E-state index contributed by atoms with van der Waals surface area (Å²) in [6, 6.07) is 2.42. The average Bonchev–Trinajstić information content (AvgIpc) is 3.11. The first-order valence-corrected chi connectivity index (χ1v) is 8.02. The van der Waals surface area contributed by atoms with E-state index in [2.05, 4.69) is 28.7 Å². The highest BCUT2D eigenvalue weighted by atomic mass is 19.1. The van der Waals surface area contributed by atoms with Crippen LogP contribution in [0.5, 0.6) is 0 Å². The first-order valence-electron chi connectivity index (χ1n) is 8.02. The molecule has 0 aliphatic carbocycles. The first kappa shape index (κ1) is 16.4. The number of benzene rings is 1. The Morgan fingerprint density at radius 3 is 2.88 bits per heavy atom. The molecule has 6 nitrogen and oxygen atoms in total. The number of aromatic nitrogens is 2. The molecule has 1 aliphatic rings. The number of hydrogen-bond acceptors (Lipinski definition) is 4. The number of nitrogens with one attached hydrogen (secondary N) is 1. The summed E-state index contributed by atoms with van der Waals surface area (Å²) in [5.74, 6) is -0.685. The van der Waals surface area contributed by atoms with Gasteiger partial charge in [-0.15, -0.1) is 0 Å². The van der Waals surface area contributed by atoms with Crippen LogP contribution in [0.25, 0.3) is 16.6 Å². The van der Waals surface area contributed by atoms with Gasteiger partial charge in [0.1, 0.15) is 17.2 Å². The molecule has 5 N–H and O–H groups in total. The molecule has 0 saturated carbocycles. The summed E-state index contributed by atoms with van der Waals surface area (Å²) < 4.78 is 13.7. The van der Waals surface area contributed by atoms with E-state index in [4.69, 9.17) is 11.5 Å².